The van der Waals surface area contributed by atoms with Gasteiger partial charge < -0.3 is 38.8 Å². The van der Waals surface area contributed by atoms with Crippen LogP contribution in [0.2, 0.25) is 0 Å². The molecule has 188 valence electrons. The minimum atomic E-state index is -0.977. The van der Waals surface area contributed by atoms with Gasteiger partial charge in [0.15, 0.2) is 0 Å². The molecule has 1 aromatic carbocycles. The summed E-state index contributed by atoms with van der Waals surface area (Å²) in [6.45, 7) is 5.90. The number of benzene rings is 1. The number of hydrogen-bond acceptors (Lipinski definition) is 8. The molecule has 0 aromatic heterocycles. The van der Waals surface area contributed by atoms with Crippen molar-refractivity contribution in [2.45, 2.75) is 19.3 Å². The maximum absolute atomic E-state index is 11.3. The minimum Gasteiger partial charge on any atom is -0.491 e. The number of aliphatic carboxylic acids is 1. The van der Waals surface area contributed by atoms with Crippen LogP contribution in [-0.2, 0) is 33.3 Å². The van der Waals surface area contributed by atoms with Crippen molar-refractivity contribution < 1.29 is 43.1 Å². The third-order valence-electron chi connectivity index (χ3n) is 4.08. The fraction of sp³-hybridized carbons (Fsp3) is 0.652. The van der Waals surface area contributed by atoms with E-state index in [1.165, 1.54) is 0 Å². The molecule has 0 spiro atoms. The Hall–Kier alpha value is -2.24. The van der Waals surface area contributed by atoms with E-state index in [1.807, 2.05) is 30.3 Å². The summed E-state index contributed by atoms with van der Waals surface area (Å²) in [5.74, 6) is -0.403. The predicted molar refractivity (Wildman–Crippen MR) is 121 cm³/mol. The number of para-hydroxylation sites is 1. The van der Waals surface area contributed by atoms with E-state index in [9.17, 15) is 9.59 Å². The Kier molecular flexibility index (Phi) is 18.8. The number of hydrogen-bond donors (Lipinski definition) is 2. The van der Waals surface area contributed by atoms with Gasteiger partial charge in [-0.2, -0.15) is 0 Å². The van der Waals surface area contributed by atoms with E-state index < -0.39 is 5.97 Å². The number of rotatable bonds is 23. The van der Waals surface area contributed by atoms with E-state index in [0.29, 0.717) is 85.6 Å². The van der Waals surface area contributed by atoms with Crippen molar-refractivity contribution in [3.8, 4) is 5.75 Å². The first kappa shape index (κ1) is 28.8. The Morgan fingerprint density at radius 2 is 1.15 bits per heavy atom. The average molecular weight is 472 g/mol. The molecule has 0 aliphatic heterocycles. The molecule has 0 aliphatic carbocycles. The molecule has 1 aromatic rings. The zero-order valence-electron chi connectivity index (χ0n) is 19.2. The van der Waals surface area contributed by atoms with Gasteiger partial charge in [0.2, 0.25) is 5.91 Å². The first-order chi connectivity index (χ1) is 16.2. The molecule has 0 saturated carbocycles. The largest absolute Gasteiger partial charge is 0.491 e. The lowest BCUT2D eigenvalue weighted by Crippen LogP contribution is -2.25. The van der Waals surface area contributed by atoms with Crippen molar-refractivity contribution in [3.05, 3.63) is 30.3 Å². The molecule has 0 unspecified atom stereocenters. The lowest BCUT2D eigenvalue weighted by atomic mass is 10.3. The Balaban J connectivity index is 1.69. The average Bonchev–Trinajstić information content (AvgIpc) is 2.82. The van der Waals surface area contributed by atoms with Crippen molar-refractivity contribution in [2.24, 2.45) is 0 Å². The van der Waals surface area contributed by atoms with Crippen LogP contribution in [0.1, 0.15) is 19.3 Å². The van der Waals surface area contributed by atoms with Crippen LogP contribution in [0.25, 0.3) is 0 Å². The van der Waals surface area contributed by atoms with Crippen molar-refractivity contribution >= 4 is 11.9 Å². The molecule has 0 aliphatic rings. The molecule has 0 radical (unpaired) electrons. The number of carbonyl (C=O) groups excluding carboxylic acids is 1. The monoisotopic (exact) mass is 471 g/mol. The lowest BCUT2D eigenvalue weighted by Gasteiger charge is -2.09. The molecule has 1 rings (SSSR count). The van der Waals surface area contributed by atoms with Gasteiger partial charge in [-0.05, 0) is 18.6 Å². The second-order valence-electron chi connectivity index (χ2n) is 6.82. The smallest absolute Gasteiger partial charge is 0.303 e. The van der Waals surface area contributed by atoms with E-state index in [0.717, 1.165) is 5.75 Å². The Bertz CT molecular complexity index is 601. The third kappa shape index (κ3) is 20.1. The maximum Gasteiger partial charge on any atom is 0.303 e. The molecule has 0 fully saturated rings. The van der Waals surface area contributed by atoms with Crippen LogP contribution >= 0.6 is 0 Å². The Morgan fingerprint density at radius 3 is 1.67 bits per heavy atom. The van der Waals surface area contributed by atoms with E-state index in [4.69, 9.17) is 33.5 Å². The zero-order chi connectivity index (χ0) is 23.8. The molecule has 33 heavy (non-hydrogen) atoms. The highest BCUT2D eigenvalue weighted by Gasteiger charge is 2.04. The first-order valence-corrected chi connectivity index (χ1v) is 11.2. The second kappa shape index (κ2) is 21.6. The van der Waals surface area contributed by atoms with Gasteiger partial charge in [0.25, 0.3) is 0 Å². The lowest BCUT2D eigenvalue weighted by molar-refractivity contribution is -0.138. The van der Waals surface area contributed by atoms with Crippen LogP contribution in [-0.4, -0.2) is 96.2 Å². The third-order valence-corrected chi connectivity index (χ3v) is 4.08. The van der Waals surface area contributed by atoms with E-state index >= 15 is 0 Å². The highest BCUT2D eigenvalue weighted by atomic mass is 16.6. The molecule has 10 nitrogen and oxygen atoms in total. The van der Waals surface area contributed by atoms with Crippen LogP contribution in [0.15, 0.2) is 30.3 Å². The topological polar surface area (TPSA) is 122 Å². The summed E-state index contributed by atoms with van der Waals surface area (Å²) in [5, 5.41) is 11.1. The van der Waals surface area contributed by atoms with Crippen LogP contribution in [0.5, 0.6) is 5.75 Å². The highest BCUT2D eigenvalue weighted by Crippen LogP contribution is 2.07. The van der Waals surface area contributed by atoms with E-state index in [-0.39, 0.29) is 18.7 Å². The summed E-state index contributed by atoms with van der Waals surface area (Å²) in [6, 6.07) is 9.61. The number of carbonyl (C=O) groups is 2. The summed E-state index contributed by atoms with van der Waals surface area (Å²) in [5.41, 5.74) is 0. The normalized spacial score (nSPS) is 10.8. The molecule has 1 amide bonds. The van der Waals surface area contributed by atoms with Crippen LogP contribution in [0.3, 0.4) is 0 Å². The molecular formula is C23H37NO9. The maximum atomic E-state index is 11.3. The molecule has 0 bridgehead atoms. The van der Waals surface area contributed by atoms with Gasteiger partial charge in [-0.1, -0.05) is 18.2 Å². The standard InChI is InChI=1S/C23H37NO9/c25-22(7-8-23(26)27)24-9-4-10-28-11-12-29-13-14-30-15-16-31-17-18-32-19-20-33-21-5-2-1-3-6-21/h1-3,5-6H,4,7-20H2,(H,24,25)(H,26,27). The molecule has 10 heteroatoms. The van der Waals surface area contributed by atoms with Gasteiger partial charge in [-0.15, -0.1) is 0 Å². The molecule has 0 heterocycles. The van der Waals surface area contributed by atoms with Crippen LogP contribution < -0.4 is 10.1 Å². The number of ether oxygens (including phenoxy) is 6. The summed E-state index contributed by atoms with van der Waals surface area (Å²) < 4.78 is 32.6. The quantitative estimate of drug-likeness (QED) is 0.229. The number of carboxylic acids is 1. The van der Waals surface area contributed by atoms with Gasteiger partial charge in [0.05, 0.1) is 65.9 Å². The molecule has 2 N–H and O–H groups in total. The number of carboxylic acid groups (broad SMARTS) is 1. The molecule has 0 saturated heterocycles. The fourth-order valence-electron chi connectivity index (χ4n) is 2.43. The summed E-state index contributed by atoms with van der Waals surface area (Å²) >= 11 is 0. The Morgan fingerprint density at radius 1 is 0.667 bits per heavy atom. The van der Waals surface area contributed by atoms with Gasteiger partial charge in [-0.25, -0.2) is 0 Å². The van der Waals surface area contributed by atoms with Crippen molar-refractivity contribution in [2.75, 3.05) is 79.2 Å². The predicted octanol–water partition coefficient (Wildman–Crippen LogP) is 1.52. The Labute approximate surface area is 195 Å². The van der Waals surface area contributed by atoms with Crippen LogP contribution in [0, 0.1) is 0 Å². The van der Waals surface area contributed by atoms with Crippen LogP contribution in [0.4, 0.5) is 0 Å². The highest BCUT2D eigenvalue weighted by molar-refractivity contribution is 5.80. The first-order valence-electron chi connectivity index (χ1n) is 11.2. The second-order valence-corrected chi connectivity index (χ2v) is 6.82. The SMILES string of the molecule is O=C(O)CCC(=O)NCCCOCCOCCOCCOCCOCCOc1ccccc1. The van der Waals surface area contributed by atoms with Crippen molar-refractivity contribution in [1.29, 1.82) is 0 Å². The number of nitrogens with one attached hydrogen (secondary N) is 1. The van der Waals surface area contributed by atoms with Gasteiger partial charge in [0, 0.05) is 19.6 Å². The van der Waals surface area contributed by atoms with Crippen molar-refractivity contribution in [3.63, 3.8) is 0 Å². The van der Waals surface area contributed by atoms with Gasteiger partial charge >= 0.3 is 5.97 Å². The minimum absolute atomic E-state index is 0.00193. The van der Waals surface area contributed by atoms with Gasteiger partial charge in [-0.3, -0.25) is 9.59 Å². The van der Waals surface area contributed by atoms with Gasteiger partial charge in [0.1, 0.15) is 12.4 Å². The summed E-state index contributed by atoms with van der Waals surface area (Å²) in [7, 11) is 0. The summed E-state index contributed by atoms with van der Waals surface area (Å²) in [4.78, 5) is 21.7. The van der Waals surface area contributed by atoms with E-state index in [1.54, 1.807) is 0 Å². The fourth-order valence-corrected chi connectivity index (χ4v) is 2.43. The van der Waals surface area contributed by atoms with E-state index in [2.05, 4.69) is 5.32 Å². The molecular weight excluding hydrogens is 434 g/mol. The molecule has 0 atom stereocenters. The zero-order valence-corrected chi connectivity index (χ0v) is 19.2. The number of amides is 1. The summed E-state index contributed by atoms with van der Waals surface area (Å²) in [6.07, 6.45) is 0.504. The van der Waals surface area contributed by atoms with Crippen molar-refractivity contribution in [1.82, 2.24) is 5.32 Å².